The largest absolute Gasteiger partial charge is 0.493 e. The Balaban J connectivity index is 1.51. The summed E-state index contributed by atoms with van der Waals surface area (Å²) in [4.78, 5) is 7.26. The molecule has 2 aromatic carbocycles. The van der Waals surface area contributed by atoms with Crippen molar-refractivity contribution in [3.63, 3.8) is 0 Å². The summed E-state index contributed by atoms with van der Waals surface area (Å²) in [6, 6.07) is 16.0. The fourth-order valence-electron chi connectivity index (χ4n) is 3.44. The van der Waals surface area contributed by atoms with Crippen LogP contribution in [-0.4, -0.2) is 54.5 Å². The summed E-state index contributed by atoms with van der Waals surface area (Å²) < 4.78 is 19.1. The van der Waals surface area contributed by atoms with E-state index in [4.69, 9.17) is 19.2 Å². The molecule has 1 aliphatic rings. The van der Waals surface area contributed by atoms with Crippen LogP contribution in [-0.2, 0) is 17.8 Å². The molecule has 3 aromatic rings. The molecule has 1 aliphatic heterocycles. The first-order valence-electron chi connectivity index (χ1n) is 9.35. The normalized spacial score (nSPS) is 15.1. The van der Waals surface area contributed by atoms with E-state index in [0.717, 1.165) is 67.7 Å². The monoisotopic (exact) mass is 367 g/mol. The number of morpholine rings is 1. The van der Waals surface area contributed by atoms with Crippen molar-refractivity contribution in [3.05, 3.63) is 54.4 Å². The van der Waals surface area contributed by atoms with Crippen molar-refractivity contribution in [1.82, 2.24) is 14.5 Å². The van der Waals surface area contributed by atoms with Gasteiger partial charge in [-0.1, -0.05) is 24.3 Å². The summed E-state index contributed by atoms with van der Waals surface area (Å²) >= 11 is 0. The SMILES string of the molecule is COc1ccccc1OCCn1c(CN2CCOCC2)nc2ccccc21. The molecule has 27 heavy (non-hydrogen) atoms. The van der Waals surface area contributed by atoms with Gasteiger partial charge in [0.05, 0.1) is 44.4 Å². The Morgan fingerprint density at radius 1 is 1.00 bits per heavy atom. The van der Waals surface area contributed by atoms with Crippen molar-refractivity contribution in [2.45, 2.75) is 13.1 Å². The molecule has 0 unspecified atom stereocenters. The Bertz CT molecular complexity index is 887. The van der Waals surface area contributed by atoms with Crippen molar-refractivity contribution >= 4 is 11.0 Å². The van der Waals surface area contributed by atoms with Gasteiger partial charge in [0, 0.05) is 13.1 Å². The van der Waals surface area contributed by atoms with E-state index in [1.54, 1.807) is 7.11 Å². The highest BCUT2D eigenvalue weighted by molar-refractivity contribution is 5.75. The van der Waals surface area contributed by atoms with Gasteiger partial charge in [0.1, 0.15) is 12.4 Å². The number of fused-ring (bicyclic) bond motifs is 1. The Hall–Kier alpha value is -2.57. The van der Waals surface area contributed by atoms with E-state index in [2.05, 4.69) is 27.7 Å². The van der Waals surface area contributed by atoms with Crippen LogP contribution in [0.4, 0.5) is 0 Å². The molecule has 142 valence electrons. The topological polar surface area (TPSA) is 48.8 Å². The summed E-state index contributed by atoms with van der Waals surface area (Å²) in [5, 5.41) is 0. The summed E-state index contributed by atoms with van der Waals surface area (Å²) in [5.41, 5.74) is 2.17. The third-order valence-electron chi connectivity index (χ3n) is 4.84. The molecule has 2 heterocycles. The second-order valence-corrected chi connectivity index (χ2v) is 6.56. The molecule has 6 nitrogen and oxygen atoms in total. The van der Waals surface area contributed by atoms with Crippen molar-refractivity contribution in [3.8, 4) is 11.5 Å². The molecular weight excluding hydrogens is 342 g/mol. The highest BCUT2D eigenvalue weighted by Crippen LogP contribution is 2.26. The summed E-state index contributed by atoms with van der Waals surface area (Å²) in [6.45, 7) is 5.58. The molecule has 6 heteroatoms. The number of hydrogen-bond donors (Lipinski definition) is 0. The first kappa shape index (κ1) is 17.8. The lowest BCUT2D eigenvalue weighted by Gasteiger charge is -2.26. The molecule has 0 spiro atoms. The van der Waals surface area contributed by atoms with E-state index in [1.807, 2.05) is 30.3 Å². The minimum Gasteiger partial charge on any atom is -0.493 e. The molecule has 0 N–H and O–H groups in total. The van der Waals surface area contributed by atoms with Gasteiger partial charge in [-0.05, 0) is 24.3 Å². The average molecular weight is 367 g/mol. The number of methoxy groups -OCH3 is 1. The van der Waals surface area contributed by atoms with Gasteiger partial charge in [-0.15, -0.1) is 0 Å². The molecular formula is C21H25N3O3. The van der Waals surface area contributed by atoms with E-state index in [9.17, 15) is 0 Å². The third kappa shape index (κ3) is 4.07. The first-order chi connectivity index (χ1) is 13.3. The number of benzene rings is 2. The minimum atomic E-state index is 0.552. The van der Waals surface area contributed by atoms with E-state index >= 15 is 0 Å². The van der Waals surface area contributed by atoms with Crippen LogP contribution in [0.3, 0.4) is 0 Å². The number of para-hydroxylation sites is 4. The van der Waals surface area contributed by atoms with Gasteiger partial charge >= 0.3 is 0 Å². The number of nitrogens with zero attached hydrogens (tertiary/aromatic N) is 3. The standard InChI is InChI=1S/C21H25N3O3/c1-25-19-8-4-5-9-20(19)27-15-12-24-18-7-3-2-6-17(18)22-21(24)16-23-10-13-26-14-11-23/h2-9H,10-16H2,1H3. The van der Waals surface area contributed by atoms with Crippen LogP contribution in [0.25, 0.3) is 11.0 Å². The highest BCUT2D eigenvalue weighted by atomic mass is 16.5. The van der Waals surface area contributed by atoms with Crippen LogP contribution in [0.15, 0.2) is 48.5 Å². The van der Waals surface area contributed by atoms with Crippen LogP contribution < -0.4 is 9.47 Å². The predicted molar refractivity (Wildman–Crippen MR) is 104 cm³/mol. The maximum atomic E-state index is 5.99. The number of hydrogen-bond acceptors (Lipinski definition) is 5. The number of imidazole rings is 1. The molecule has 0 bridgehead atoms. The predicted octanol–water partition coefficient (Wildman–Crippen LogP) is 2.96. The fraction of sp³-hybridized carbons (Fsp3) is 0.381. The molecule has 4 rings (SSSR count). The van der Waals surface area contributed by atoms with Crippen molar-refractivity contribution in [1.29, 1.82) is 0 Å². The lowest BCUT2D eigenvalue weighted by atomic mass is 10.3. The Kier molecular flexibility index (Phi) is 5.55. The lowest BCUT2D eigenvalue weighted by molar-refractivity contribution is 0.0326. The van der Waals surface area contributed by atoms with E-state index in [1.165, 1.54) is 0 Å². The molecule has 0 atom stereocenters. The van der Waals surface area contributed by atoms with Gasteiger partial charge in [0.2, 0.25) is 0 Å². The highest BCUT2D eigenvalue weighted by Gasteiger charge is 2.16. The van der Waals surface area contributed by atoms with Gasteiger partial charge in [-0.3, -0.25) is 4.90 Å². The van der Waals surface area contributed by atoms with E-state index < -0.39 is 0 Å². The number of aromatic nitrogens is 2. The van der Waals surface area contributed by atoms with Gasteiger partial charge in [-0.2, -0.15) is 0 Å². The molecule has 1 fully saturated rings. The van der Waals surface area contributed by atoms with Gasteiger partial charge in [0.15, 0.2) is 11.5 Å². The van der Waals surface area contributed by atoms with Gasteiger partial charge in [0.25, 0.3) is 0 Å². The Morgan fingerprint density at radius 2 is 1.74 bits per heavy atom. The zero-order valence-corrected chi connectivity index (χ0v) is 15.6. The Morgan fingerprint density at radius 3 is 2.56 bits per heavy atom. The number of rotatable bonds is 7. The smallest absolute Gasteiger partial charge is 0.161 e. The van der Waals surface area contributed by atoms with Crippen molar-refractivity contribution < 1.29 is 14.2 Å². The molecule has 0 amide bonds. The maximum absolute atomic E-state index is 5.99. The zero-order valence-electron chi connectivity index (χ0n) is 15.6. The summed E-state index contributed by atoms with van der Waals surface area (Å²) in [7, 11) is 1.66. The molecule has 0 saturated carbocycles. The Labute approximate surface area is 159 Å². The molecule has 0 aliphatic carbocycles. The van der Waals surface area contributed by atoms with Crippen molar-refractivity contribution in [2.24, 2.45) is 0 Å². The minimum absolute atomic E-state index is 0.552. The van der Waals surface area contributed by atoms with Gasteiger partial charge < -0.3 is 18.8 Å². The molecule has 1 aromatic heterocycles. The van der Waals surface area contributed by atoms with Crippen LogP contribution >= 0.6 is 0 Å². The zero-order chi connectivity index (χ0) is 18.5. The quantitative estimate of drug-likeness (QED) is 0.643. The summed E-state index contributed by atoms with van der Waals surface area (Å²) in [6.07, 6.45) is 0. The fourth-order valence-corrected chi connectivity index (χ4v) is 3.44. The molecule has 0 radical (unpaired) electrons. The molecule has 1 saturated heterocycles. The van der Waals surface area contributed by atoms with Crippen molar-refractivity contribution in [2.75, 3.05) is 40.0 Å². The van der Waals surface area contributed by atoms with Crippen LogP contribution in [0.1, 0.15) is 5.82 Å². The average Bonchev–Trinajstić information content (AvgIpc) is 3.06. The number of ether oxygens (including phenoxy) is 3. The van der Waals surface area contributed by atoms with Crippen LogP contribution in [0, 0.1) is 0 Å². The maximum Gasteiger partial charge on any atom is 0.161 e. The van der Waals surface area contributed by atoms with Crippen LogP contribution in [0.2, 0.25) is 0 Å². The second kappa shape index (κ2) is 8.41. The third-order valence-corrected chi connectivity index (χ3v) is 4.84. The van der Waals surface area contributed by atoms with Gasteiger partial charge in [-0.25, -0.2) is 4.98 Å². The van der Waals surface area contributed by atoms with Crippen LogP contribution in [0.5, 0.6) is 11.5 Å². The second-order valence-electron chi connectivity index (χ2n) is 6.56. The lowest BCUT2D eigenvalue weighted by Crippen LogP contribution is -2.36. The van der Waals surface area contributed by atoms with E-state index in [0.29, 0.717) is 6.61 Å². The van der Waals surface area contributed by atoms with E-state index in [-0.39, 0.29) is 0 Å². The summed E-state index contributed by atoms with van der Waals surface area (Å²) in [5.74, 6) is 2.59. The first-order valence-corrected chi connectivity index (χ1v) is 9.35.